The lowest BCUT2D eigenvalue weighted by molar-refractivity contribution is -0.384. The standard InChI is InChI=1S/C19H15N9O5/c1-10(13-4-2-3-5-14(13)29)21-23-19(30)15-16(11-6-8-12(9-7-11)28(31)32)27(26-22-15)18-17(20)24-33-25-18/h2-9,29H,1H3,(H2,20,24)(H,23,30)/b21-10-. The maximum atomic E-state index is 12.9. The number of nitrogen functional groups attached to an aromatic ring is 1. The molecule has 0 fully saturated rings. The Morgan fingerprint density at radius 2 is 1.94 bits per heavy atom. The van der Waals surface area contributed by atoms with E-state index in [1.54, 1.807) is 25.1 Å². The number of benzene rings is 2. The van der Waals surface area contributed by atoms with Crippen molar-refractivity contribution >= 4 is 23.1 Å². The van der Waals surface area contributed by atoms with Gasteiger partial charge in [0.1, 0.15) is 11.4 Å². The zero-order valence-electron chi connectivity index (χ0n) is 16.9. The molecule has 2 aromatic carbocycles. The molecule has 2 heterocycles. The van der Waals surface area contributed by atoms with Crippen molar-refractivity contribution in [3.05, 3.63) is 69.9 Å². The SMILES string of the molecule is C/C(=N/NC(=O)c1nnn(-c2nonc2N)c1-c1ccc([N+](=O)[O-])cc1)c1ccccc1O. The molecule has 33 heavy (non-hydrogen) atoms. The third-order valence-electron chi connectivity index (χ3n) is 4.55. The van der Waals surface area contributed by atoms with Crippen molar-refractivity contribution in [1.29, 1.82) is 0 Å². The minimum absolute atomic E-state index is 0.000445. The van der Waals surface area contributed by atoms with E-state index in [-0.39, 0.29) is 34.5 Å². The zero-order valence-corrected chi connectivity index (χ0v) is 16.9. The van der Waals surface area contributed by atoms with Crippen molar-refractivity contribution in [2.45, 2.75) is 6.92 Å². The highest BCUT2D eigenvalue weighted by Gasteiger charge is 2.25. The monoisotopic (exact) mass is 449 g/mol. The smallest absolute Gasteiger partial charge is 0.294 e. The highest BCUT2D eigenvalue weighted by atomic mass is 16.6. The molecule has 14 nitrogen and oxygen atoms in total. The Bertz CT molecular complexity index is 1370. The van der Waals surface area contributed by atoms with E-state index in [1.165, 1.54) is 30.3 Å². The van der Waals surface area contributed by atoms with Gasteiger partial charge in [-0.05, 0) is 41.5 Å². The van der Waals surface area contributed by atoms with Gasteiger partial charge >= 0.3 is 0 Å². The van der Waals surface area contributed by atoms with Crippen LogP contribution in [0.15, 0.2) is 58.3 Å². The molecule has 2 aromatic heterocycles. The Morgan fingerprint density at radius 3 is 2.58 bits per heavy atom. The molecule has 166 valence electrons. The van der Waals surface area contributed by atoms with Crippen LogP contribution in [0.25, 0.3) is 17.1 Å². The lowest BCUT2D eigenvalue weighted by atomic mass is 10.1. The summed E-state index contributed by atoms with van der Waals surface area (Å²) in [6.45, 7) is 1.60. The average Bonchev–Trinajstić information content (AvgIpc) is 3.43. The number of hydrazone groups is 1. The Labute approximate surface area is 184 Å². The number of nitrogens with one attached hydrogen (secondary N) is 1. The number of phenols is 1. The van der Waals surface area contributed by atoms with Crippen LogP contribution in [-0.4, -0.2) is 47.0 Å². The summed E-state index contributed by atoms with van der Waals surface area (Å²) in [6, 6.07) is 11.9. The molecule has 1 amide bonds. The first-order valence-corrected chi connectivity index (χ1v) is 9.28. The number of non-ortho nitro benzene ring substituents is 1. The van der Waals surface area contributed by atoms with E-state index >= 15 is 0 Å². The predicted octanol–water partition coefficient (Wildman–Crippen LogP) is 1.67. The summed E-state index contributed by atoms with van der Waals surface area (Å²) >= 11 is 0. The van der Waals surface area contributed by atoms with Gasteiger partial charge in [-0.3, -0.25) is 14.9 Å². The van der Waals surface area contributed by atoms with Gasteiger partial charge in [0.2, 0.25) is 11.6 Å². The van der Waals surface area contributed by atoms with Crippen LogP contribution in [0.4, 0.5) is 11.5 Å². The maximum absolute atomic E-state index is 12.9. The Balaban J connectivity index is 1.74. The molecular weight excluding hydrogens is 434 g/mol. The number of amides is 1. The largest absolute Gasteiger partial charge is 0.507 e. The molecule has 0 unspecified atom stereocenters. The Hall–Kier alpha value is -5.14. The van der Waals surface area contributed by atoms with Crippen LogP contribution < -0.4 is 11.2 Å². The van der Waals surface area contributed by atoms with Crippen LogP contribution in [0.1, 0.15) is 23.0 Å². The van der Waals surface area contributed by atoms with E-state index < -0.39 is 10.8 Å². The van der Waals surface area contributed by atoms with Crippen molar-refractivity contribution in [3.63, 3.8) is 0 Å². The van der Waals surface area contributed by atoms with Gasteiger partial charge in [0.15, 0.2) is 5.69 Å². The molecule has 0 saturated heterocycles. The van der Waals surface area contributed by atoms with Crippen LogP contribution in [0.5, 0.6) is 5.75 Å². The van der Waals surface area contributed by atoms with Crippen molar-refractivity contribution < 1.29 is 19.5 Å². The van der Waals surface area contributed by atoms with Crippen molar-refractivity contribution in [3.8, 4) is 22.8 Å². The van der Waals surface area contributed by atoms with Crippen molar-refractivity contribution in [2.75, 3.05) is 5.73 Å². The van der Waals surface area contributed by atoms with E-state index in [0.29, 0.717) is 16.8 Å². The molecule has 4 aromatic rings. The van der Waals surface area contributed by atoms with E-state index in [9.17, 15) is 20.0 Å². The molecule has 4 N–H and O–H groups in total. The molecule has 0 saturated carbocycles. The Morgan fingerprint density at radius 1 is 1.21 bits per heavy atom. The second kappa shape index (κ2) is 8.54. The number of nitrogens with zero attached hydrogens (tertiary/aromatic N) is 7. The van der Waals surface area contributed by atoms with Gasteiger partial charge in [0.25, 0.3) is 11.6 Å². The van der Waals surface area contributed by atoms with E-state index in [2.05, 4.69) is 35.8 Å². The fourth-order valence-corrected chi connectivity index (χ4v) is 2.95. The molecule has 14 heteroatoms. The number of aromatic hydroxyl groups is 1. The molecule has 0 aliphatic heterocycles. The number of hydrogen-bond acceptors (Lipinski definition) is 11. The molecule has 0 bridgehead atoms. The summed E-state index contributed by atoms with van der Waals surface area (Å²) in [5.74, 6) is -0.869. The van der Waals surface area contributed by atoms with Gasteiger partial charge in [-0.1, -0.05) is 17.3 Å². The lowest BCUT2D eigenvalue weighted by Gasteiger charge is -2.07. The normalized spacial score (nSPS) is 11.4. The number of para-hydroxylation sites is 1. The van der Waals surface area contributed by atoms with Crippen LogP contribution >= 0.6 is 0 Å². The molecule has 0 atom stereocenters. The molecule has 0 aliphatic carbocycles. The van der Waals surface area contributed by atoms with Gasteiger partial charge in [-0.2, -0.15) is 9.78 Å². The number of carbonyl (C=O) groups is 1. The summed E-state index contributed by atoms with van der Waals surface area (Å²) in [5.41, 5.74) is 9.06. The summed E-state index contributed by atoms with van der Waals surface area (Å²) in [4.78, 5) is 23.3. The highest BCUT2D eigenvalue weighted by Crippen LogP contribution is 2.28. The maximum Gasteiger partial charge on any atom is 0.294 e. The van der Waals surface area contributed by atoms with Gasteiger partial charge in [-0.25, -0.2) is 10.1 Å². The number of nitrogens with two attached hydrogens (primary N) is 1. The first-order valence-electron chi connectivity index (χ1n) is 9.28. The number of nitro groups is 1. The fraction of sp³-hybridized carbons (Fsp3) is 0.0526. The molecule has 4 rings (SSSR count). The molecule has 0 aliphatic rings. The number of aromatic nitrogens is 5. The van der Waals surface area contributed by atoms with Gasteiger partial charge < -0.3 is 10.8 Å². The quantitative estimate of drug-likeness (QED) is 0.221. The third-order valence-corrected chi connectivity index (χ3v) is 4.55. The zero-order chi connectivity index (χ0) is 23.5. The molecular formula is C19H15N9O5. The molecule has 0 radical (unpaired) electrons. The first kappa shape index (κ1) is 21.1. The number of anilines is 1. The number of carbonyl (C=O) groups excluding carboxylic acids is 1. The number of hydrogen-bond donors (Lipinski definition) is 3. The summed E-state index contributed by atoms with van der Waals surface area (Å²) in [6.07, 6.45) is 0. The molecule has 0 spiro atoms. The lowest BCUT2D eigenvalue weighted by Crippen LogP contribution is -2.21. The number of phenolic OH excluding ortho intramolecular Hbond substituents is 1. The van der Waals surface area contributed by atoms with Crippen molar-refractivity contribution in [2.24, 2.45) is 5.10 Å². The van der Waals surface area contributed by atoms with Crippen molar-refractivity contribution in [1.82, 2.24) is 30.7 Å². The number of nitro benzene ring substituents is 1. The van der Waals surface area contributed by atoms with Crippen LogP contribution in [0, 0.1) is 10.1 Å². The van der Waals surface area contributed by atoms with Gasteiger partial charge in [0, 0.05) is 23.3 Å². The Kier molecular flexibility index (Phi) is 5.46. The summed E-state index contributed by atoms with van der Waals surface area (Å²) in [5, 5.41) is 39.9. The summed E-state index contributed by atoms with van der Waals surface area (Å²) < 4.78 is 5.73. The van der Waals surface area contributed by atoms with E-state index in [0.717, 1.165) is 4.68 Å². The first-order chi connectivity index (χ1) is 15.9. The van der Waals surface area contributed by atoms with Gasteiger partial charge in [-0.15, -0.1) is 5.10 Å². The number of rotatable bonds is 6. The second-order valence-corrected chi connectivity index (χ2v) is 6.63. The van der Waals surface area contributed by atoms with E-state index in [1.807, 2.05) is 0 Å². The second-order valence-electron chi connectivity index (χ2n) is 6.63. The van der Waals surface area contributed by atoms with E-state index in [4.69, 9.17) is 5.73 Å². The van der Waals surface area contributed by atoms with Gasteiger partial charge in [0.05, 0.1) is 10.6 Å². The minimum Gasteiger partial charge on any atom is -0.507 e. The minimum atomic E-state index is -0.737. The van der Waals surface area contributed by atoms with Crippen LogP contribution in [0.3, 0.4) is 0 Å². The topological polar surface area (TPSA) is 200 Å². The van der Waals surface area contributed by atoms with Crippen LogP contribution in [-0.2, 0) is 0 Å². The predicted molar refractivity (Wildman–Crippen MR) is 114 cm³/mol. The van der Waals surface area contributed by atoms with Crippen LogP contribution in [0.2, 0.25) is 0 Å². The third kappa shape index (κ3) is 4.07. The average molecular weight is 449 g/mol. The fourth-order valence-electron chi connectivity index (χ4n) is 2.95. The summed E-state index contributed by atoms with van der Waals surface area (Å²) in [7, 11) is 0. The highest BCUT2D eigenvalue weighted by molar-refractivity contribution is 6.03.